The zero-order valence-electron chi connectivity index (χ0n) is 9.95. The van der Waals surface area contributed by atoms with Gasteiger partial charge >= 0.3 is 0 Å². The third-order valence-electron chi connectivity index (χ3n) is 2.06. The molecule has 16 heavy (non-hydrogen) atoms. The number of carbonyl (C=O) groups excluding carboxylic acids is 2. The van der Waals surface area contributed by atoms with E-state index < -0.39 is 15.6 Å². The van der Waals surface area contributed by atoms with E-state index in [4.69, 9.17) is 0 Å². The zero-order valence-corrected chi connectivity index (χ0v) is 10.8. The average molecular weight is 249 g/mol. The largest absolute Gasteiger partial charge is 0.355 e. The van der Waals surface area contributed by atoms with Crippen LogP contribution in [0.2, 0.25) is 0 Å². The number of amides is 1. The molecule has 0 spiro atoms. The molecule has 0 rings (SSSR count). The second-order valence-electron chi connectivity index (χ2n) is 3.92. The van der Waals surface area contributed by atoms with Gasteiger partial charge in [-0.1, -0.05) is 20.8 Å². The first kappa shape index (κ1) is 15.1. The first-order chi connectivity index (χ1) is 7.28. The molecule has 0 aliphatic rings. The monoisotopic (exact) mass is 249 g/mol. The Morgan fingerprint density at radius 1 is 1.25 bits per heavy atom. The Balaban J connectivity index is 4.07. The van der Waals surface area contributed by atoms with Gasteiger partial charge in [-0.2, -0.15) is 0 Å². The summed E-state index contributed by atoms with van der Waals surface area (Å²) >= 11 is 0. The van der Waals surface area contributed by atoms with Gasteiger partial charge in [0.1, 0.15) is 11.5 Å². The lowest BCUT2D eigenvalue weighted by Crippen LogP contribution is -2.31. The number of Topliss-reactive ketones (excluding diaryl/α,β-unsaturated/α-hetero) is 1. The number of ketones is 1. The van der Waals surface area contributed by atoms with E-state index in [1.807, 2.05) is 0 Å². The van der Waals surface area contributed by atoms with Crippen molar-refractivity contribution in [1.29, 1.82) is 0 Å². The molecule has 1 amide bonds. The summed E-state index contributed by atoms with van der Waals surface area (Å²) in [6.07, 6.45) is 0.324. The van der Waals surface area contributed by atoms with Crippen molar-refractivity contribution in [2.24, 2.45) is 5.92 Å². The Morgan fingerprint density at radius 3 is 2.25 bits per heavy atom. The molecular formula is C10H19NO4S. The molecule has 0 radical (unpaired) electrons. The minimum absolute atomic E-state index is 0.0698. The van der Waals surface area contributed by atoms with E-state index in [1.54, 1.807) is 20.8 Å². The topological polar surface area (TPSA) is 80.3 Å². The van der Waals surface area contributed by atoms with Gasteiger partial charge in [-0.3, -0.25) is 9.59 Å². The summed E-state index contributed by atoms with van der Waals surface area (Å²) < 4.78 is 22.9. The average Bonchev–Trinajstić information content (AvgIpc) is 2.16. The molecule has 0 fully saturated rings. The Kier molecular flexibility index (Phi) is 6.25. The van der Waals surface area contributed by atoms with Gasteiger partial charge in [-0.25, -0.2) is 8.42 Å². The summed E-state index contributed by atoms with van der Waals surface area (Å²) in [6.45, 7) is 5.08. The lowest BCUT2D eigenvalue weighted by atomic mass is 10.1. The molecule has 0 saturated heterocycles. The molecule has 0 aliphatic carbocycles. The predicted molar refractivity (Wildman–Crippen MR) is 61.8 cm³/mol. The first-order valence-electron chi connectivity index (χ1n) is 5.28. The number of sulfone groups is 1. The summed E-state index contributed by atoms with van der Waals surface area (Å²) in [7, 11) is -3.39. The van der Waals surface area contributed by atoms with Crippen LogP contribution in [0.15, 0.2) is 0 Å². The van der Waals surface area contributed by atoms with E-state index in [0.29, 0.717) is 6.42 Å². The molecular weight excluding hydrogens is 230 g/mol. The van der Waals surface area contributed by atoms with Gasteiger partial charge in [-0.15, -0.1) is 0 Å². The quantitative estimate of drug-likeness (QED) is 0.696. The third-order valence-corrected chi connectivity index (χ3v) is 3.61. The van der Waals surface area contributed by atoms with Gasteiger partial charge in [0.25, 0.3) is 0 Å². The van der Waals surface area contributed by atoms with Crippen LogP contribution in [0.4, 0.5) is 0 Å². The van der Waals surface area contributed by atoms with E-state index in [-0.39, 0.29) is 29.9 Å². The highest BCUT2D eigenvalue weighted by Gasteiger charge is 2.18. The minimum atomic E-state index is -3.39. The smallest absolute Gasteiger partial charge is 0.219 e. The van der Waals surface area contributed by atoms with Crippen LogP contribution in [0.3, 0.4) is 0 Å². The lowest BCUT2D eigenvalue weighted by molar-refractivity contribution is -0.120. The number of nitrogens with one attached hydrogen (secondary N) is 1. The lowest BCUT2D eigenvalue weighted by Gasteiger charge is -2.06. The molecule has 0 aromatic heterocycles. The Hall–Kier alpha value is -0.910. The second-order valence-corrected chi connectivity index (χ2v) is 6.10. The van der Waals surface area contributed by atoms with E-state index in [9.17, 15) is 18.0 Å². The molecule has 0 bridgehead atoms. The highest BCUT2D eigenvalue weighted by molar-refractivity contribution is 7.92. The molecule has 1 N–H and O–H groups in total. The van der Waals surface area contributed by atoms with Crippen LogP contribution in [-0.4, -0.2) is 38.2 Å². The van der Waals surface area contributed by atoms with Gasteiger partial charge in [-0.05, 0) is 0 Å². The van der Waals surface area contributed by atoms with Crippen molar-refractivity contribution in [1.82, 2.24) is 5.32 Å². The summed E-state index contributed by atoms with van der Waals surface area (Å²) in [5.41, 5.74) is 0. The van der Waals surface area contributed by atoms with Gasteiger partial charge < -0.3 is 5.32 Å². The second kappa shape index (κ2) is 6.62. The van der Waals surface area contributed by atoms with E-state index in [1.165, 1.54) is 0 Å². The SMILES string of the molecule is CCC(=O)NCCS(=O)(=O)CC(=O)C(C)C. The van der Waals surface area contributed by atoms with Crippen molar-refractivity contribution >= 4 is 21.5 Å². The molecule has 0 unspecified atom stereocenters. The highest BCUT2D eigenvalue weighted by atomic mass is 32.2. The fourth-order valence-electron chi connectivity index (χ4n) is 0.927. The molecule has 0 aliphatic heterocycles. The molecule has 6 heteroatoms. The highest BCUT2D eigenvalue weighted by Crippen LogP contribution is 1.99. The summed E-state index contributed by atoms with van der Waals surface area (Å²) in [4.78, 5) is 22.1. The van der Waals surface area contributed by atoms with Crippen molar-refractivity contribution in [2.45, 2.75) is 27.2 Å². The van der Waals surface area contributed by atoms with Crippen LogP contribution in [-0.2, 0) is 19.4 Å². The molecule has 0 atom stereocenters. The first-order valence-corrected chi connectivity index (χ1v) is 7.10. The van der Waals surface area contributed by atoms with Crippen LogP contribution in [0.5, 0.6) is 0 Å². The maximum Gasteiger partial charge on any atom is 0.219 e. The van der Waals surface area contributed by atoms with E-state index in [2.05, 4.69) is 5.32 Å². The van der Waals surface area contributed by atoms with E-state index >= 15 is 0 Å². The summed E-state index contributed by atoms with van der Waals surface area (Å²) in [5, 5.41) is 2.46. The molecule has 0 aromatic carbocycles. The van der Waals surface area contributed by atoms with Crippen LogP contribution >= 0.6 is 0 Å². The van der Waals surface area contributed by atoms with Crippen LogP contribution in [0, 0.1) is 5.92 Å². The normalized spacial score (nSPS) is 11.5. The maximum absolute atomic E-state index is 11.4. The number of hydrogen-bond donors (Lipinski definition) is 1. The van der Waals surface area contributed by atoms with Gasteiger partial charge in [0.05, 0.1) is 5.75 Å². The maximum atomic E-state index is 11.4. The zero-order chi connectivity index (χ0) is 12.8. The van der Waals surface area contributed by atoms with Gasteiger partial charge in [0, 0.05) is 18.9 Å². The van der Waals surface area contributed by atoms with Crippen molar-refractivity contribution in [2.75, 3.05) is 18.1 Å². The predicted octanol–water partition coefficient (Wildman–Crippen LogP) is 0.152. The minimum Gasteiger partial charge on any atom is -0.355 e. The Labute approximate surface area is 96.5 Å². The van der Waals surface area contributed by atoms with E-state index in [0.717, 1.165) is 0 Å². The Morgan fingerprint density at radius 2 is 1.81 bits per heavy atom. The molecule has 0 saturated carbocycles. The third kappa shape index (κ3) is 6.55. The van der Waals surface area contributed by atoms with Crippen molar-refractivity contribution < 1.29 is 18.0 Å². The van der Waals surface area contributed by atoms with Crippen molar-refractivity contribution in [3.05, 3.63) is 0 Å². The number of hydrogen-bond acceptors (Lipinski definition) is 4. The van der Waals surface area contributed by atoms with Gasteiger partial charge in [0.15, 0.2) is 9.84 Å². The molecule has 0 heterocycles. The molecule has 0 aromatic rings. The van der Waals surface area contributed by atoms with Gasteiger partial charge in [0.2, 0.25) is 5.91 Å². The Bertz CT molecular complexity index is 346. The summed E-state index contributed by atoms with van der Waals surface area (Å²) in [6, 6.07) is 0. The van der Waals surface area contributed by atoms with Crippen LogP contribution in [0.25, 0.3) is 0 Å². The van der Waals surface area contributed by atoms with Crippen LogP contribution in [0.1, 0.15) is 27.2 Å². The number of rotatable bonds is 7. The van der Waals surface area contributed by atoms with Crippen LogP contribution < -0.4 is 5.32 Å². The van der Waals surface area contributed by atoms with Crippen molar-refractivity contribution in [3.8, 4) is 0 Å². The number of carbonyl (C=O) groups is 2. The fraction of sp³-hybridized carbons (Fsp3) is 0.800. The van der Waals surface area contributed by atoms with Crippen molar-refractivity contribution in [3.63, 3.8) is 0 Å². The fourth-order valence-corrected chi connectivity index (χ4v) is 2.25. The molecule has 5 nitrogen and oxygen atoms in total. The molecule has 94 valence electrons. The summed E-state index contributed by atoms with van der Waals surface area (Å²) in [5.74, 6) is -1.38. The standard InChI is InChI=1S/C10H19NO4S/c1-4-10(13)11-5-6-16(14,15)7-9(12)8(2)3/h8H,4-7H2,1-3H3,(H,11,13).